The first-order chi connectivity index (χ1) is 5.90. The predicted octanol–water partition coefficient (Wildman–Crippen LogP) is 1.15. The zero-order valence-corrected chi connectivity index (χ0v) is 8.54. The smallest absolute Gasteiger partial charge is 0.179 e. The topological polar surface area (TPSA) is 38.7 Å². The fourth-order valence-corrected chi connectivity index (χ4v) is 1.39. The van der Waals surface area contributed by atoms with Gasteiger partial charge in [0.25, 0.3) is 0 Å². The number of ether oxygens (including phenoxy) is 2. The molecule has 2 aliphatic rings. The van der Waals surface area contributed by atoms with E-state index >= 15 is 0 Å². The molecule has 1 N–H and O–H groups in total. The maximum absolute atomic E-state index is 8.72. The summed E-state index contributed by atoms with van der Waals surface area (Å²) in [5, 5.41) is 8.72. The van der Waals surface area contributed by atoms with E-state index in [4.69, 9.17) is 14.6 Å². The molecule has 0 atom stereocenters. The quantitative estimate of drug-likeness (QED) is 0.706. The van der Waals surface area contributed by atoms with Crippen LogP contribution in [-0.2, 0) is 28.0 Å². The normalized spacial score (nSPS) is 22.2. The second-order valence-electron chi connectivity index (χ2n) is 2.86. The summed E-state index contributed by atoms with van der Waals surface area (Å²) in [6.07, 6.45) is 4.37. The molecule has 0 amide bonds. The Balaban J connectivity index is 0.000000845. The average Bonchev–Trinajstić information content (AvgIpc) is 2.75. The van der Waals surface area contributed by atoms with Crippen LogP contribution in [0.2, 0.25) is 0 Å². The number of hydrogen-bond acceptors (Lipinski definition) is 3. The van der Waals surface area contributed by atoms with Gasteiger partial charge < -0.3 is 14.6 Å². The van der Waals surface area contributed by atoms with E-state index in [1.165, 1.54) is 0 Å². The third kappa shape index (κ3) is 2.39. The summed E-state index contributed by atoms with van der Waals surface area (Å²) in [5.41, 5.74) is 2.00. The van der Waals surface area contributed by atoms with Crippen LogP contribution in [-0.4, -0.2) is 24.6 Å². The van der Waals surface area contributed by atoms with E-state index < -0.39 is 0 Å². The number of hydrogen-bond donors (Lipinski definition) is 1. The van der Waals surface area contributed by atoms with E-state index in [0.29, 0.717) is 13.2 Å². The van der Waals surface area contributed by atoms with Crippen LogP contribution in [0, 0.1) is 6.61 Å². The second-order valence-corrected chi connectivity index (χ2v) is 2.86. The summed E-state index contributed by atoms with van der Waals surface area (Å²) >= 11 is 0. The molecule has 0 aromatic carbocycles. The SMILES string of the molecule is O[CH-]C1=CC=C(C2OCCO2)C1.[V]. The van der Waals surface area contributed by atoms with E-state index in [1.54, 1.807) is 0 Å². The first-order valence-corrected chi connectivity index (χ1v) is 4.00. The first-order valence-electron chi connectivity index (χ1n) is 4.00. The van der Waals surface area contributed by atoms with Gasteiger partial charge in [0.2, 0.25) is 0 Å². The van der Waals surface area contributed by atoms with Crippen LogP contribution in [0.5, 0.6) is 0 Å². The van der Waals surface area contributed by atoms with Gasteiger partial charge in [0.15, 0.2) is 6.29 Å². The van der Waals surface area contributed by atoms with Crippen molar-refractivity contribution in [3.63, 3.8) is 0 Å². The van der Waals surface area contributed by atoms with Crippen molar-refractivity contribution in [3.05, 3.63) is 29.9 Å². The monoisotopic (exact) mass is 218 g/mol. The van der Waals surface area contributed by atoms with Gasteiger partial charge in [0, 0.05) is 18.6 Å². The molecule has 1 radical (unpaired) electrons. The van der Waals surface area contributed by atoms with Crippen molar-refractivity contribution in [1.29, 1.82) is 0 Å². The second kappa shape index (κ2) is 4.89. The van der Waals surface area contributed by atoms with Crippen molar-refractivity contribution in [2.45, 2.75) is 12.7 Å². The summed E-state index contributed by atoms with van der Waals surface area (Å²) in [7, 11) is 0. The maximum Gasteiger partial charge on any atom is 0.179 e. The third-order valence-electron chi connectivity index (χ3n) is 2.01. The Morgan fingerprint density at radius 1 is 1.31 bits per heavy atom. The predicted molar refractivity (Wildman–Crippen MR) is 42.7 cm³/mol. The zero-order valence-electron chi connectivity index (χ0n) is 7.14. The van der Waals surface area contributed by atoms with Crippen LogP contribution < -0.4 is 0 Å². The van der Waals surface area contributed by atoms with Gasteiger partial charge in [-0.2, -0.15) is 5.57 Å². The van der Waals surface area contributed by atoms with Gasteiger partial charge in [-0.1, -0.05) is 0 Å². The minimum atomic E-state index is -0.182. The van der Waals surface area contributed by atoms with Crippen molar-refractivity contribution in [2.24, 2.45) is 0 Å². The largest absolute Gasteiger partial charge is 0.457 e. The minimum absolute atomic E-state index is 0. The molecule has 1 aliphatic heterocycles. The van der Waals surface area contributed by atoms with Crippen LogP contribution >= 0.6 is 0 Å². The number of allylic oxidation sites excluding steroid dienone is 2. The summed E-state index contributed by atoms with van der Waals surface area (Å²) in [5.74, 6) is 0. The molecule has 1 saturated heterocycles. The van der Waals surface area contributed by atoms with E-state index in [-0.39, 0.29) is 24.8 Å². The van der Waals surface area contributed by atoms with Crippen LogP contribution in [0.4, 0.5) is 0 Å². The molecule has 1 heterocycles. The van der Waals surface area contributed by atoms with E-state index in [2.05, 4.69) is 0 Å². The Bertz CT molecular complexity index is 229. The molecule has 4 heteroatoms. The van der Waals surface area contributed by atoms with Gasteiger partial charge in [-0.05, 0) is 12.0 Å². The van der Waals surface area contributed by atoms with Crippen molar-refractivity contribution in [3.8, 4) is 0 Å². The van der Waals surface area contributed by atoms with Crippen molar-refractivity contribution in [1.82, 2.24) is 0 Å². The van der Waals surface area contributed by atoms with Crippen LogP contribution in [0.15, 0.2) is 23.3 Å². The molecule has 1 aliphatic carbocycles. The average molecular weight is 218 g/mol. The Labute approximate surface area is 89.3 Å². The van der Waals surface area contributed by atoms with Crippen molar-refractivity contribution >= 4 is 0 Å². The molecule has 2 rings (SSSR count). The van der Waals surface area contributed by atoms with Gasteiger partial charge in [-0.25, -0.2) is 6.08 Å². The van der Waals surface area contributed by atoms with Gasteiger partial charge in [0.1, 0.15) is 0 Å². The van der Waals surface area contributed by atoms with E-state index in [1.807, 2.05) is 12.2 Å². The number of aliphatic hydroxyl groups excluding tert-OH is 1. The van der Waals surface area contributed by atoms with Gasteiger partial charge in [0.05, 0.1) is 13.2 Å². The van der Waals surface area contributed by atoms with Crippen LogP contribution in [0.25, 0.3) is 0 Å². The number of aliphatic hydroxyl groups is 1. The third-order valence-corrected chi connectivity index (χ3v) is 2.01. The molecular weight excluding hydrogens is 207 g/mol. The van der Waals surface area contributed by atoms with E-state index in [9.17, 15) is 0 Å². The molecule has 0 aromatic heterocycles. The molecule has 3 nitrogen and oxygen atoms in total. The molecule has 0 aromatic rings. The van der Waals surface area contributed by atoms with Gasteiger partial charge in [-0.3, -0.25) is 0 Å². The first kappa shape index (κ1) is 10.9. The van der Waals surface area contributed by atoms with Crippen LogP contribution in [0.1, 0.15) is 6.42 Å². The zero-order chi connectivity index (χ0) is 8.39. The fraction of sp³-hybridized carbons (Fsp3) is 0.444. The Hall–Kier alpha value is -0.186. The molecule has 0 bridgehead atoms. The molecule has 0 unspecified atom stereocenters. The Kier molecular flexibility index (Phi) is 4.09. The molecular formula is C9H11O3V-. The van der Waals surface area contributed by atoms with Crippen LogP contribution in [0.3, 0.4) is 0 Å². The summed E-state index contributed by atoms with van der Waals surface area (Å²) in [6.45, 7) is 2.46. The maximum atomic E-state index is 8.72. The van der Waals surface area contributed by atoms with Crippen molar-refractivity contribution in [2.75, 3.05) is 13.2 Å². The van der Waals surface area contributed by atoms with Gasteiger partial charge in [-0.15, -0.1) is 12.7 Å². The van der Waals surface area contributed by atoms with E-state index in [0.717, 1.165) is 24.2 Å². The molecule has 71 valence electrons. The molecule has 1 fully saturated rings. The summed E-state index contributed by atoms with van der Waals surface area (Å²) < 4.78 is 10.6. The fourth-order valence-electron chi connectivity index (χ4n) is 1.39. The molecule has 13 heavy (non-hydrogen) atoms. The standard InChI is InChI=1S/C9H11O3.V/c10-6-7-1-2-8(5-7)9-11-3-4-12-9;/h1-2,6,9-10H,3-5H2;/q-1;. The number of rotatable bonds is 2. The Morgan fingerprint density at radius 3 is 2.54 bits per heavy atom. The van der Waals surface area contributed by atoms with Crippen molar-refractivity contribution < 1.29 is 33.1 Å². The summed E-state index contributed by atoms with van der Waals surface area (Å²) in [4.78, 5) is 0. The Morgan fingerprint density at radius 2 is 2.00 bits per heavy atom. The molecule has 0 saturated carbocycles. The minimum Gasteiger partial charge on any atom is -0.457 e. The van der Waals surface area contributed by atoms with Gasteiger partial charge >= 0.3 is 0 Å². The molecule has 0 spiro atoms. The summed E-state index contributed by atoms with van der Waals surface area (Å²) in [6, 6.07) is 0.